The normalized spacial score (nSPS) is 11.9. The minimum absolute atomic E-state index is 0.108. The monoisotopic (exact) mass is 399 g/mol. The largest absolute Gasteiger partial charge is 0.469 e. The molecule has 3 aromatic rings. The lowest BCUT2D eigenvalue weighted by molar-refractivity contribution is -0.116. The molecule has 0 N–H and O–H groups in total. The highest BCUT2D eigenvalue weighted by molar-refractivity contribution is 7.99. The van der Waals surface area contributed by atoms with E-state index in [9.17, 15) is 10.1 Å². The number of allylic oxidation sites excluding steroid dienone is 1. The average Bonchev–Trinajstić information content (AvgIpc) is 3.35. The fourth-order valence-electron chi connectivity index (χ4n) is 2.49. The molecule has 0 unspecified atom stereocenters. The first-order chi connectivity index (χ1) is 13.0. The molecule has 0 radical (unpaired) electrons. The molecule has 0 bridgehead atoms. The number of hydrogen-bond donors (Lipinski definition) is 0. The molecule has 0 saturated carbocycles. The van der Waals surface area contributed by atoms with Crippen LogP contribution in [-0.2, 0) is 11.3 Å². The van der Waals surface area contributed by atoms with Gasteiger partial charge in [-0.05, 0) is 19.9 Å². The standard InChI is InChI=1S/C18H17N5O2S2/c1-4-6-23-16(13-5-7-25-12(13)3)21-22-18(23)27-10-15(24)14(8-19)17-20-11(2)9-26-17/h4-5,7,9,14H,1,6,10H2,2-3H3/t14-/m1/s1. The minimum Gasteiger partial charge on any atom is -0.469 e. The van der Waals surface area contributed by atoms with Crippen molar-refractivity contribution in [1.29, 1.82) is 5.26 Å². The smallest absolute Gasteiger partial charge is 0.192 e. The SMILES string of the molecule is C=CCn1c(SCC(=O)[C@@H](C#N)c2nc(C)cs2)nnc1-c1ccoc1C. The number of carbonyl (C=O) groups is 1. The van der Waals surface area contributed by atoms with Gasteiger partial charge in [0, 0.05) is 17.6 Å². The Hall–Kier alpha value is -2.70. The van der Waals surface area contributed by atoms with E-state index in [0.29, 0.717) is 22.5 Å². The Labute approximate surface area is 164 Å². The van der Waals surface area contributed by atoms with E-state index in [2.05, 4.69) is 27.8 Å². The van der Waals surface area contributed by atoms with Crippen molar-refractivity contribution in [1.82, 2.24) is 19.7 Å². The first-order valence-corrected chi connectivity index (χ1v) is 9.97. The Morgan fingerprint density at radius 3 is 2.93 bits per heavy atom. The van der Waals surface area contributed by atoms with Gasteiger partial charge in [-0.1, -0.05) is 17.8 Å². The zero-order chi connectivity index (χ0) is 19.4. The van der Waals surface area contributed by atoms with Gasteiger partial charge in [0.25, 0.3) is 0 Å². The van der Waals surface area contributed by atoms with Crippen LogP contribution in [-0.4, -0.2) is 31.3 Å². The van der Waals surface area contributed by atoms with Gasteiger partial charge in [0.1, 0.15) is 10.8 Å². The number of thiazole rings is 1. The zero-order valence-electron chi connectivity index (χ0n) is 14.9. The van der Waals surface area contributed by atoms with Gasteiger partial charge in [0.05, 0.1) is 23.6 Å². The fourth-order valence-corrected chi connectivity index (χ4v) is 4.21. The summed E-state index contributed by atoms with van der Waals surface area (Å²) < 4.78 is 7.22. The maximum absolute atomic E-state index is 12.5. The predicted molar refractivity (Wildman–Crippen MR) is 104 cm³/mol. The van der Waals surface area contributed by atoms with E-state index < -0.39 is 5.92 Å². The molecule has 1 atom stereocenters. The molecule has 0 amide bonds. The zero-order valence-corrected chi connectivity index (χ0v) is 16.5. The van der Waals surface area contributed by atoms with Gasteiger partial charge < -0.3 is 4.42 Å². The van der Waals surface area contributed by atoms with E-state index in [4.69, 9.17) is 4.42 Å². The number of hydrogen-bond acceptors (Lipinski definition) is 8. The van der Waals surface area contributed by atoms with Crippen molar-refractivity contribution in [3.63, 3.8) is 0 Å². The molecule has 0 saturated heterocycles. The number of aryl methyl sites for hydroxylation is 2. The number of rotatable bonds is 8. The summed E-state index contributed by atoms with van der Waals surface area (Å²) >= 11 is 2.58. The van der Waals surface area contributed by atoms with Crippen LogP contribution in [0, 0.1) is 25.2 Å². The summed E-state index contributed by atoms with van der Waals surface area (Å²) in [5.74, 6) is 0.442. The van der Waals surface area contributed by atoms with Crippen molar-refractivity contribution in [3.8, 4) is 17.5 Å². The van der Waals surface area contributed by atoms with Gasteiger partial charge >= 0.3 is 0 Å². The van der Waals surface area contributed by atoms with Crippen LogP contribution < -0.4 is 0 Å². The lowest BCUT2D eigenvalue weighted by Gasteiger charge is -2.08. The molecular weight excluding hydrogens is 382 g/mol. The van der Waals surface area contributed by atoms with Crippen LogP contribution >= 0.6 is 23.1 Å². The minimum atomic E-state index is -0.859. The van der Waals surface area contributed by atoms with Crippen molar-refractivity contribution < 1.29 is 9.21 Å². The van der Waals surface area contributed by atoms with Crippen LogP contribution in [0.5, 0.6) is 0 Å². The highest BCUT2D eigenvalue weighted by Crippen LogP contribution is 2.28. The van der Waals surface area contributed by atoms with Crippen molar-refractivity contribution in [2.75, 3.05) is 5.75 Å². The molecule has 138 valence electrons. The molecule has 0 aliphatic carbocycles. The Morgan fingerprint density at radius 2 is 2.33 bits per heavy atom. The number of Topliss-reactive ketones (excluding diaryl/α,β-unsaturated/α-hetero) is 1. The first kappa shape index (κ1) is 19.1. The van der Waals surface area contributed by atoms with Gasteiger partial charge in [-0.15, -0.1) is 28.1 Å². The van der Waals surface area contributed by atoms with E-state index >= 15 is 0 Å². The third-order valence-electron chi connectivity index (χ3n) is 3.81. The molecule has 27 heavy (non-hydrogen) atoms. The number of thioether (sulfide) groups is 1. The third-order valence-corrected chi connectivity index (χ3v) is 5.82. The molecule has 3 aromatic heterocycles. The Balaban J connectivity index is 1.79. The summed E-state index contributed by atoms with van der Waals surface area (Å²) in [4.78, 5) is 16.8. The van der Waals surface area contributed by atoms with Gasteiger partial charge in [-0.2, -0.15) is 5.26 Å². The predicted octanol–water partition coefficient (Wildman–Crippen LogP) is 3.77. The van der Waals surface area contributed by atoms with Crippen LogP contribution in [0.3, 0.4) is 0 Å². The second-order valence-corrected chi connectivity index (χ2v) is 7.57. The van der Waals surface area contributed by atoms with E-state index in [0.717, 1.165) is 17.0 Å². The topological polar surface area (TPSA) is 97.6 Å². The highest BCUT2D eigenvalue weighted by atomic mass is 32.2. The van der Waals surface area contributed by atoms with E-state index in [1.54, 1.807) is 12.3 Å². The number of nitriles is 1. The molecule has 0 aromatic carbocycles. The van der Waals surface area contributed by atoms with E-state index in [1.165, 1.54) is 23.1 Å². The van der Waals surface area contributed by atoms with Crippen molar-refractivity contribution in [3.05, 3.63) is 46.8 Å². The van der Waals surface area contributed by atoms with Gasteiger partial charge in [0.2, 0.25) is 0 Å². The summed E-state index contributed by atoms with van der Waals surface area (Å²) in [5, 5.41) is 20.8. The van der Waals surface area contributed by atoms with Crippen LogP contribution in [0.15, 0.2) is 39.9 Å². The van der Waals surface area contributed by atoms with Crippen LogP contribution in [0.1, 0.15) is 22.4 Å². The lowest BCUT2D eigenvalue weighted by atomic mass is 10.1. The number of carbonyl (C=O) groups excluding carboxylic acids is 1. The van der Waals surface area contributed by atoms with Crippen LogP contribution in [0.2, 0.25) is 0 Å². The maximum Gasteiger partial charge on any atom is 0.192 e. The molecule has 3 heterocycles. The van der Waals surface area contributed by atoms with Gasteiger partial charge in [-0.25, -0.2) is 4.98 Å². The molecule has 9 heteroatoms. The third kappa shape index (κ3) is 4.02. The van der Waals surface area contributed by atoms with Crippen molar-refractivity contribution in [2.24, 2.45) is 0 Å². The molecule has 0 fully saturated rings. The van der Waals surface area contributed by atoms with Crippen LogP contribution in [0.4, 0.5) is 0 Å². The summed E-state index contributed by atoms with van der Waals surface area (Å²) in [5.41, 5.74) is 1.65. The summed E-state index contributed by atoms with van der Waals surface area (Å²) in [6, 6.07) is 3.88. The van der Waals surface area contributed by atoms with Crippen molar-refractivity contribution >= 4 is 28.9 Å². The number of nitrogens with zero attached hydrogens (tertiary/aromatic N) is 5. The fraction of sp³-hybridized carbons (Fsp3) is 0.278. The Bertz CT molecular complexity index is 1010. The summed E-state index contributed by atoms with van der Waals surface area (Å²) in [6.07, 6.45) is 3.34. The van der Waals surface area contributed by atoms with Crippen LogP contribution in [0.25, 0.3) is 11.4 Å². The molecule has 0 aliphatic rings. The average molecular weight is 400 g/mol. The summed E-state index contributed by atoms with van der Waals surface area (Å²) in [6.45, 7) is 7.96. The summed E-state index contributed by atoms with van der Waals surface area (Å²) in [7, 11) is 0. The molecule has 7 nitrogen and oxygen atoms in total. The second kappa shape index (κ2) is 8.33. The molecule has 0 aliphatic heterocycles. The number of aromatic nitrogens is 4. The Kier molecular flexibility index (Phi) is 5.88. The quantitative estimate of drug-likeness (QED) is 0.420. The van der Waals surface area contributed by atoms with Gasteiger partial charge in [-0.3, -0.25) is 9.36 Å². The maximum atomic E-state index is 12.5. The van der Waals surface area contributed by atoms with E-state index in [-0.39, 0.29) is 11.5 Å². The van der Waals surface area contributed by atoms with Gasteiger partial charge in [0.15, 0.2) is 22.7 Å². The number of ketones is 1. The molecule has 3 rings (SSSR count). The molecule has 0 spiro atoms. The molecular formula is C18H17N5O2S2. The first-order valence-electron chi connectivity index (χ1n) is 8.10. The highest BCUT2D eigenvalue weighted by Gasteiger charge is 2.25. The number of furan rings is 1. The van der Waals surface area contributed by atoms with Crippen molar-refractivity contribution in [2.45, 2.75) is 31.5 Å². The van der Waals surface area contributed by atoms with E-state index in [1.807, 2.05) is 29.9 Å². The second-order valence-electron chi connectivity index (χ2n) is 5.74. The lowest BCUT2D eigenvalue weighted by Crippen LogP contribution is -2.14. The Morgan fingerprint density at radius 1 is 1.52 bits per heavy atom.